The molecule has 27 heavy (non-hydrogen) atoms. The lowest BCUT2D eigenvalue weighted by Gasteiger charge is -2.13. The minimum Gasteiger partial charge on any atom is -0.322 e. The molecule has 0 aliphatic heterocycles. The molecule has 2 aromatic rings. The molecule has 0 aliphatic rings. The van der Waals surface area contributed by atoms with Crippen LogP contribution in [0.5, 0.6) is 0 Å². The maximum Gasteiger partial charge on any atom is 0.416 e. The third-order valence-corrected chi connectivity index (χ3v) is 5.58. The molecule has 146 valence electrons. The van der Waals surface area contributed by atoms with E-state index in [9.17, 15) is 26.4 Å². The molecule has 0 unspecified atom stereocenters. The maximum absolute atomic E-state index is 12.8. The van der Waals surface area contributed by atoms with Gasteiger partial charge in [0.1, 0.15) is 0 Å². The van der Waals surface area contributed by atoms with E-state index in [2.05, 4.69) is 10.0 Å². The Hall–Kier alpha value is -2.55. The zero-order chi connectivity index (χ0) is 20.4. The molecule has 2 aromatic carbocycles. The van der Waals surface area contributed by atoms with Gasteiger partial charge in [-0.15, -0.1) is 0 Å². The van der Waals surface area contributed by atoms with Crippen LogP contribution in [0.3, 0.4) is 0 Å². The fourth-order valence-corrected chi connectivity index (χ4v) is 2.93. The van der Waals surface area contributed by atoms with E-state index in [4.69, 9.17) is 0 Å². The van der Waals surface area contributed by atoms with Gasteiger partial charge in [0.05, 0.1) is 10.8 Å². The summed E-state index contributed by atoms with van der Waals surface area (Å²) in [6.07, 6.45) is -4.45. The van der Waals surface area contributed by atoms with Gasteiger partial charge < -0.3 is 5.32 Å². The van der Waals surface area contributed by atoms with Gasteiger partial charge in [-0.25, -0.2) is 8.42 Å². The number of rotatable bonds is 5. The van der Waals surface area contributed by atoms with E-state index in [1.807, 2.05) is 0 Å². The van der Waals surface area contributed by atoms with Crippen molar-refractivity contribution in [2.75, 3.05) is 10.0 Å². The van der Waals surface area contributed by atoms with Gasteiger partial charge in [0.25, 0.3) is 5.91 Å². The second-order valence-electron chi connectivity index (χ2n) is 6.25. The summed E-state index contributed by atoms with van der Waals surface area (Å²) in [6.45, 7) is 4.39. The molecule has 0 aromatic heterocycles. The number of sulfonamides is 1. The first-order valence-corrected chi connectivity index (χ1v) is 9.55. The standard InChI is InChI=1S/C18H19F3N2O3S/c1-11(2)27(25,26)23-14-6-4-13(5-7-14)17(24)22-15-8-9-16(12(3)10-15)18(19,20)21/h4-11,23H,1-3H3,(H,22,24). The lowest BCUT2D eigenvalue weighted by molar-refractivity contribution is -0.138. The molecule has 2 N–H and O–H groups in total. The molecule has 0 fully saturated rings. The average Bonchev–Trinajstić information content (AvgIpc) is 2.53. The molecule has 9 heteroatoms. The number of aryl methyl sites for hydroxylation is 1. The first-order valence-electron chi connectivity index (χ1n) is 8.01. The third kappa shape index (κ3) is 5.22. The van der Waals surface area contributed by atoms with Crippen molar-refractivity contribution in [3.63, 3.8) is 0 Å². The largest absolute Gasteiger partial charge is 0.416 e. The van der Waals surface area contributed by atoms with E-state index in [0.717, 1.165) is 6.07 Å². The van der Waals surface area contributed by atoms with Crippen molar-refractivity contribution in [3.8, 4) is 0 Å². The monoisotopic (exact) mass is 400 g/mol. The van der Waals surface area contributed by atoms with E-state index in [0.29, 0.717) is 5.69 Å². The van der Waals surface area contributed by atoms with Gasteiger partial charge in [-0.3, -0.25) is 9.52 Å². The van der Waals surface area contributed by atoms with Crippen molar-refractivity contribution in [3.05, 3.63) is 59.2 Å². The summed E-state index contributed by atoms with van der Waals surface area (Å²) in [4.78, 5) is 12.2. The van der Waals surface area contributed by atoms with Gasteiger partial charge in [-0.1, -0.05) is 0 Å². The molecule has 0 atom stereocenters. The number of alkyl halides is 3. The van der Waals surface area contributed by atoms with E-state index < -0.39 is 32.9 Å². The van der Waals surface area contributed by atoms with Crippen LogP contribution in [0.4, 0.5) is 24.5 Å². The SMILES string of the molecule is Cc1cc(NC(=O)c2ccc(NS(=O)(=O)C(C)C)cc2)ccc1C(F)(F)F. The van der Waals surface area contributed by atoms with E-state index in [1.165, 1.54) is 57.2 Å². The third-order valence-electron chi connectivity index (χ3n) is 3.82. The lowest BCUT2D eigenvalue weighted by Crippen LogP contribution is -2.22. The van der Waals surface area contributed by atoms with E-state index in [-0.39, 0.29) is 16.8 Å². The van der Waals surface area contributed by atoms with Crippen molar-refractivity contribution in [1.29, 1.82) is 0 Å². The Bertz CT molecular complexity index is 937. The first-order chi connectivity index (χ1) is 12.4. The molecule has 5 nitrogen and oxygen atoms in total. The summed E-state index contributed by atoms with van der Waals surface area (Å²) in [5.41, 5.74) is 0.0155. The Balaban J connectivity index is 2.12. The number of amides is 1. The van der Waals surface area contributed by atoms with E-state index >= 15 is 0 Å². The van der Waals surface area contributed by atoms with Crippen molar-refractivity contribution in [2.24, 2.45) is 0 Å². The fourth-order valence-electron chi connectivity index (χ4n) is 2.23. The number of carbonyl (C=O) groups is 1. The molecular formula is C18H19F3N2O3S. The second-order valence-corrected chi connectivity index (χ2v) is 8.49. The average molecular weight is 400 g/mol. The Morgan fingerprint density at radius 1 is 1.00 bits per heavy atom. The summed E-state index contributed by atoms with van der Waals surface area (Å²) < 4.78 is 64.4. The Kier molecular flexibility index (Phi) is 5.84. The second kappa shape index (κ2) is 7.59. The quantitative estimate of drug-likeness (QED) is 0.780. The summed E-state index contributed by atoms with van der Waals surface area (Å²) in [6, 6.07) is 9.05. The first kappa shape index (κ1) is 20.8. The van der Waals surface area contributed by atoms with Crippen molar-refractivity contribution < 1.29 is 26.4 Å². The zero-order valence-electron chi connectivity index (χ0n) is 14.9. The highest BCUT2D eigenvalue weighted by molar-refractivity contribution is 7.93. The van der Waals surface area contributed by atoms with Crippen molar-refractivity contribution in [2.45, 2.75) is 32.2 Å². The smallest absolute Gasteiger partial charge is 0.322 e. The fraction of sp³-hybridized carbons (Fsp3) is 0.278. The molecular weight excluding hydrogens is 381 g/mol. The predicted octanol–water partition coefficient (Wildman–Crippen LogP) is 4.42. The van der Waals surface area contributed by atoms with Crippen molar-refractivity contribution >= 4 is 27.3 Å². The van der Waals surface area contributed by atoms with Crippen LogP contribution < -0.4 is 10.0 Å². The summed E-state index contributed by atoms with van der Waals surface area (Å²) in [5.74, 6) is -0.521. The summed E-state index contributed by atoms with van der Waals surface area (Å²) in [5, 5.41) is 1.91. The molecule has 0 bridgehead atoms. The maximum atomic E-state index is 12.8. The van der Waals surface area contributed by atoms with Gasteiger partial charge >= 0.3 is 6.18 Å². The number of anilines is 2. The topological polar surface area (TPSA) is 75.3 Å². The molecule has 0 radical (unpaired) electrons. The normalized spacial score (nSPS) is 12.1. The Labute approximate surface area is 155 Å². The lowest BCUT2D eigenvalue weighted by atomic mass is 10.1. The van der Waals surface area contributed by atoms with E-state index in [1.54, 1.807) is 0 Å². The molecule has 0 heterocycles. The molecule has 0 saturated heterocycles. The highest BCUT2D eigenvalue weighted by Crippen LogP contribution is 2.33. The van der Waals surface area contributed by atoms with Crippen molar-refractivity contribution in [1.82, 2.24) is 0 Å². The highest BCUT2D eigenvalue weighted by Gasteiger charge is 2.32. The molecule has 2 rings (SSSR count). The van der Waals surface area contributed by atoms with Crippen LogP contribution in [0.25, 0.3) is 0 Å². The Morgan fingerprint density at radius 2 is 1.56 bits per heavy atom. The number of halogens is 3. The number of hydrogen-bond donors (Lipinski definition) is 2. The molecule has 0 saturated carbocycles. The summed E-state index contributed by atoms with van der Waals surface area (Å²) >= 11 is 0. The predicted molar refractivity (Wildman–Crippen MR) is 98.3 cm³/mol. The van der Waals surface area contributed by atoms with Crippen LogP contribution in [-0.4, -0.2) is 19.6 Å². The number of hydrogen-bond acceptors (Lipinski definition) is 3. The van der Waals surface area contributed by atoms with Gasteiger partial charge in [-0.2, -0.15) is 13.2 Å². The van der Waals surface area contributed by atoms with Crippen LogP contribution in [0.15, 0.2) is 42.5 Å². The minimum atomic E-state index is -4.45. The van der Waals surface area contributed by atoms with Crippen LogP contribution in [-0.2, 0) is 16.2 Å². The number of carbonyl (C=O) groups excluding carboxylic acids is 1. The Morgan fingerprint density at radius 3 is 2.04 bits per heavy atom. The number of benzene rings is 2. The van der Waals surface area contributed by atoms with Crippen LogP contribution in [0, 0.1) is 6.92 Å². The van der Waals surface area contributed by atoms with Gasteiger partial charge in [0.2, 0.25) is 10.0 Å². The van der Waals surface area contributed by atoms with Crippen LogP contribution in [0.1, 0.15) is 35.3 Å². The molecule has 1 amide bonds. The van der Waals surface area contributed by atoms with Crippen LogP contribution >= 0.6 is 0 Å². The molecule has 0 spiro atoms. The summed E-state index contributed by atoms with van der Waals surface area (Å²) in [7, 11) is -3.50. The highest BCUT2D eigenvalue weighted by atomic mass is 32.2. The van der Waals surface area contributed by atoms with Crippen LogP contribution in [0.2, 0.25) is 0 Å². The molecule has 0 aliphatic carbocycles. The van der Waals surface area contributed by atoms with Gasteiger partial charge in [0.15, 0.2) is 0 Å². The minimum absolute atomic E-state index is 0.00117. The number of nitrogens with one attached hydrogen (secondary N) is 2. The zero-order valence-corrected chi connectivity index (χ0v) is 15.7. The van der Waals surface area contributed by atoms with Gasteiger partial charge in [0, 0.05) is 16.9 Å². The van der Waals surface area contributed by atoms with Gasteiger partial charge in [-0.05, 0) is 68.8 Å².